The molecule has 1 atom stereocenters. The second-order valence-corrected chi connectivity index (χ2v) is 8.12. The van der Waals surface area contributed by atoms with Crippen molar-refractivity contribution < 1.29 is 23.0 Å². The molecule has 1 unspecified atom stereocenters. The van der Waals surface area contributed by atoms with E-state index in [0.717, 1.165) is 29.2 Å². The summed E-state index contributed by atoms with van der Waals surface area (Å²) in [6, 6.07) is 10.9. The summed E-state index contributed by atoms with van der Waals surface area (Å²) in [5.41, 5.74) is 9.39. The molecule has 0 radical (unpaired) electrons. The van der Waals surface area contributed by atoms with Crippen LogP contribution in [0, 0.1) is 0 Å². The van der Waals surface area contributed by atoms with Gasteiger partial charge in [-0.1, -0.05) is 83.2 Å². The van der Waals surface area contributed by atoms with Gasteiger partial charge in [0, 0.05) is 18.3 Å². The third-order valence-corrected chi connectivity index (χ3v) is 5.56. The summed E-state index contributed by atoms with van der Waals surface area (Å²) in [6.07, 6.45) is 4.28. The van der Waals surface area contributed by atoms with Crippen molar-refractivity contribution in [3.05, 3.63) is 89.1 Å². The van der Waals surface area contributed by atoms with Crippen LogP contribution in [0.4, 0.5) is 13.2 Å². The molecule has 2 aromatic carbocycles. The first-order valence-corrected chi connectivity index (χ1v) is 13.1. The number of benzene rings is 2. The zero-order chi connectivity index (χ0) is 28.7. The lowest BCUT2D eigenvalue weighted by Crippen LogP contribution is -2.33. The van der Waals surface area contributed by atoms with Gasteiger partial charge in [-0.15, -0.1) is 0 Å². The van der Waals surface area contributed by atoms with Crippen molar-refractivity contribution >= 4 is 16.9 Å². The van der Waals surface area contributed by atoms with Crippen molar-refractivity contribution in [1.82, 2.24) is 0 Å². The molecule has 38 heavy (non-hydrogen) atoms. The highest BCUT2D eigenvalue weighted by atomic mass is 19.4. The van der Waals surface area contributed by atoms with Crippen LogP contribution in [0.2, 0.25) is 0 Å². The van der Waals surface area contributed by atoms with Gasteiger partial charge >= 0.3 is 6.18 Å². The number of nitrogens with two attached hydrogens (primary N) is 1. The minimum Gasteiger partial charge on any atom is -0.488 e. The fraction of sp³-hybridized carbons (Fsp3) is 0.387. The molecule has 3 rings (SSSR count). The van der Waals surface area contributed by atoms with Gasteiger partial charge in [0.15, 0.2) is 0 Å². The van der Waals surface area contributed by atoms with Crippen LogP contribution in [-0.4, -0.2) is 23.5 Å². The zero-order valence-corrected chi connectivity index (χ0v) is 23.3. The second-order valence-electron chi connectivity index (χ2n) is 8.12. The SMILES string of the molecule is CC.CC.CC/C=C\C=C(/C)c1ccc(COc2ccc(C3=CN=C(C(N)CO)C3)cc2C(F)(F)F)cc1. The third kappa shape index (κ3) is 9.62. The van der Waals surface area contributed by atoms with Crippen molar-refractivity contribution in [2.24, 2.45) is 10.7 Å². The summed E-state index contributed by atoms with van der Waals surface area (Å²) in [5, 5.41) is 9.18. The van der Waals surface area contributed by atoms with Crippen molar-refractivity contribution in [3.63, 3.8) is 0 Å². The van der Waals surface area contributed by atoms with Gasteiger partial charge in [-0.2, -0.15) is 13.2 Å². The first-order valence-electron chi connectivity index (χ1n) is 13.1. The number of alkyl halides is 3. The highest BCUT2D eigenvalue weighted by Crippen LogP contribution is 2.39. The smallest absolute Gasteiger partial charge is 0.419 e. The molecule has 3 N–H and O–H groups in total. The number of aliphatic hydroxyl groups is 1. The van der Waals surface area contributed by atoms with Crippen LogP contribution in [-0.2, 0) is 12.8 Å². The number of ether oxygens (including phenoxy) is 1. The Bertz CT molecular complexity index is 1110. The Morgan fingerprint density at radius 3 is 2.34 bits per heavy atom. The Labute approximate surface area is 225 Å². The Hall–Kier alpha value is -3.16. The van der Waals surface area contributed by atoms with Gasteiger partial charge in [-0.3, -0.25) is 4.99 Å². The van der Waals surface area contributed by atoms with Crippen LogP contribution in [0.5, 0.6) is 5.75 Å². The van der Waals surface area contributed by atoms with Crippen LogP contribution in [0.1, 0.15) is 76.6 Å². The molecule has 208 valence electrons. The monoisotopic (exact) mass is 530 g/mol. The molecule has 0 aliphatic carbocycles. The summed E-state index contributed by atoms with van der Waals surface area (Å²) in [4.78, 5) is 4.14. The molecule has 0 spiro atoms. The van der Waals surface area contributed by atoms with E-state index in [1.807, 2.05) is 71.0 Å². The van der Waals surface area contributed by atoms with E-state index < -0.39 is 17.8 Å². The molecule has 1 heterocycles. The lowest BCUT2D eigenvalue weighted by atomic mass is 9.98. The summed E-state index contributed by atoms with van der Waals surface area (Å²) in [6.45, 7) is 11.8. The molecule has 4 nitrogen and oxygen atoms in total. The Balaban J connectivity index is 0.00000172. The molecule has 0 fully saturated rings. The number of halogens is 3. The van der Waals surface area contributed by atoms with E-state index in [9.17, 15) is 18.3 Å². The van der Waals surface area contributed by atoms with E-state index in [1.165, 1.54) is 12.3 Å². The zero-order valence-electron chi connectivity index (χ0n) is 23.3. The van der Waals surface area contributed by atoms with Gasteiger partial charge in [-0.05, 0) is 53.3 Å². The van der Waals surface area contributed by atoms with Crippen molar-refractivity contribution in [3.8, 4) is 5.75 Å². The fourth-order valence-electron chi connectivity index (χ4n) is 3.50. The molecule has 0 bridgehead atoms. The number of hydrogen-bond acceptors (Lipinski definition) is 4. The van der Waals surface area contributed by atoms with Gasteiger partial charge < -0.3 is 15.6 Å². The Morgan fingerprint density at radius 2 is 1.76 bits per heavy atom. The number of aliphatic hydroxyl groups excluding tert-OH is 1. The first-order chi connectivity index (χ1) is 18.2. The van der Waals surface area contributed by atoms with E-state index in [2.05, 4.69) is 18.0 Å². The predicted octanol–water partition coefficient (Wildman–Crippen LogP) is 8.21. The number of aliphatic imine (C=N–C) groups is 1. The van der Waals surface area contributed by atoms with Crippen LogP contribution in [0.3, 0.4) is 0 Å². The summed E-state index contributed by atoms with van der Waals surface area (Å²) in [7, 11) is 0. The normalized spacial score (nSPS) is 14.1. The summed E-state index contributed by atoms with van der Waals surface area (Å²) < 4.78 is 46.9. The molecule has 1 aliphatic heterocycles. The molecular weight excluding hydrogens is 489 g/mol. The molecule has 1 aliphatic rings. The number of allylic oxidation sites excluding steroid dienone is 5. The molecule has 7 heteroatoms. The minimum absolute atomic E-state index is 0.0164. The van der Waals surface area contributed by atoms with E-state index in [-0.39, 0.29) is 19.0 Å². The highest BCUT2D eigenvalue weighted by Gasteiger charge is 2.35. The third-order valence-electron chi connectivity index (χ3n) is 5.56. The summed E-state index contributed by atoms with van der Waals surface area (Å²) in [5.74, 6) is -0.229. The number of hydrogen-bond donors (Lipinski definition) is 2. The van der Waals surface area contributed by atoms with Gasteiger partial charge in [-0.25, -0.2) is 0 Å². The van der Waals surface area contributed by atoms with E-state index in [0.29, 0.717) is 23.3 Å². The predicted molar refractivity (Wildman–Crippen MR) is 153 cm³/mol. The fourth-order valence-corrected chi connectivity index (χ4v) is 3.50. The van der Waals surface area contributed by atoms with Crippen LogP contribution >= 0.6 is 0 Å². The molecular formula is C31H41F3N2O2. The summed E-state index contributed by atoms with van der Waals surface area (Å²) >= 11 is 0. The van der Waals surface area contributed by atoms with Crippen LogP contribution in [0.15, 0.2) is 71.9 Å². The van der Waals surface area contributed by atoms with Crippen molar-refractivity contribution in [2.75, 3.05) is 6.61 Å². The van der Waals surface area contributed by atoms with Crippen molar-refractivity contribution in [2.45, 2.75) is 73.2 Å². The Kier molecular flexibility index (Phi) is 14.4. The average Bonchev–Trinajstić information content (AvgIpc) is 3.44. The van der Waals surface area contributed by atoms with Crippen LogP contribution in [0.25, 0.3) is 11.1 Å². The van der Waals surface area contributed by atoms with E-state index in [1.54, 1.807) is 6.07 Å². The largest absolute Gasteiger partial charge is 0.488 e. The molecule has 0 saturated carbocycles. The lowest BCUT2D eigenvalue weighted by molar-refractivity contribution is -0.139. The van der Waals surface area contributed by atoms with Gasteiger partial charge in [0.25, 0.3) is 0 Å². The highest BCUT2D eigenvalue weighted by molar-refractivity contribution is 6.01. The topological polar surface area (TPSA) is 67.8 Å². The Morgan fingerprint density at radius 1 is 1.11 bits per heavy atom. The first kappa shape index (κ1) is 32.9. The molecule has 0 saturated heterocycles. The molecule has 2 aromatic rings. The minimum atomic E-state index is -4.58. The second kappa shape index (κ2) is 16.6. The van der Waals surface area contributed by atoms with Crippen LogP contribution < -0.4 is 10.5 Å². The lowest BCUT2D eigenvalue weighted by Gasteiger charge is -2.16. The van der Waals surface area contributed by atoms with Gasteiger partial charge in [0.1, 0.15) is 12.4 Å². The maximum Gasteiger partial charge on any atom is 0.419 e. The van der Waals surface area contributed by atoms with Gasteiger partial charge in [0.2, 0.25) is 0 Å². The van der Waals surface area contributed by atoms with Gasteiger partial charge in [0.05, 0.1) is 18.2 Å². The maximum atomic E-state index is 13.8. The van der Waals surface area contributed by atoms with E-state index in [4.69, 9.17) is 10.5 Å². The molecule has 0 amide bonds. The van der Waals surface area contributed by atoms with Crippen molar-refractivity contribution in [1.29, 1.82) is 0 Å². The van der Waals surface area contributed by atoms with E-state index >= 15 is 0 Å². The standard InChI is InChI=1S/C27H29F3N2O2.2C2H6/c1-3-4-5-6-18(2)20-9-7-19(8-10-20)17-34-26-12-11-21(13-23(26)27(28,29)30)22-14-25(32-15-22)24(31)16-33;2*1-2/h4-13,15,24,33H,3,14,16-17,31H2,1-2H3;2*1-2H3/b5-4-,18-6+;;. The molecule has 0 aromatic heterocycles. The number of rotatable bonds is 9. The number of nitrogens with zero attached hydrogens (tertiary/aromatic N) is 1. The average molecular weight is 531 g/mol. The quantitative estimate of drug-likeness (QED) is 0.321. The maximum absolute atomic E-state index is 13.8.